The molecule has 2 fully saturated rings. The summed E-state index contributed by atoms with van der Waals surface area (Å²) < 4.78 is 0. The summed E-state index contributed by atoms with van der Waals surface area (Å²) in [5.74, 6) is 2.12. The van der Waals surface area contributed by atoms with Gasteiger partial charge in [0, 0.05) is 25.0 Å². The van der Waals surface area contributed by atoms with Gasteiger partial charge in [-0.05, 0) is 43.1 Å². The first-order valence-electron chi connectivity index (χ1n) is 8.21. The van der Waals surface area contributed by atoms with Crippen LogP contribution in [-0.4, -0.2) is 24.2 Å². The van der Waals surface area contributed by atoms with E-state index in [1.54, 1.807) is 0 Å². The number of benzene rings is 1. The Morgan fingerprint density at radius 3 is 2.67 bits per heavy atom. The van der Waals surface area contributed by atoms with Crippen molar-refractivity contribution in [2.45, 2.75) is 38.0 Å². The minimum absolute atomic E-state index is 0.156. The number of hydrogen-bond donors (Lipinski definition) is 2. The smallest absolute Gasteiger partial charge is 0.223 e. The van der Waals surface area contributed by atoms with Crippen molar-refractivity contribution in [1.82, 2.24) is 5.32 Å². The summed E-state index contributed by atoms with van der Waals surface area (Å²) in [6.07, 6.45) is 5.61. The highest BCUT2D eigenvalue weighted by atomic mass is 16.3. The molecule has 4 unspecified atom stereocenters. The van der Waals surface area contributed by atoms with E-state index >= 15 is 0 Å². The Labute approximate surface area is 126 Å². The number of carbonyl (C=O) groups excluding carboxylic acids is 1. The lowest BCUT2D eigenvalue weighted by Crippen LogP contribution is -2.36. The molecule has 1 aromatic rings. The molecule has 21 heavy (non-hydrogen) atoms. The van der Waals surface area contributed by atoms with Gasteiger partial charge in [0.15, 0.2) is 0 Å². The zero-order valence-electron chi connectivity index (χ0n) is 12.5. The molecule has 0 radical (unpaired) electrons. The van der Waals surface area contributed by atoms with Crippen LogP contribution in [0.3, 0.4) is 0 Å². The molecule has 1 amide bonds. The highest BCUT2D eigenvalue weighted by Gasteiger charge is 2.42. The zero-order valence-corrected chi connectivity index (χ0v) is 12.5. The first-order valence-corrected chi connectivity index (χ1v) is 8.21. The minimum Gasteiger partial charge on any atom is -0.396 e. The Morgan fingerprint density at radius 2 is 2.05 bits per heavy atom. The Morgan fingerprint density at radius 1 is 1.24 bits per heavy atom. The van der Waals surface area contributed by atoms with Crippen molar-refractivity contribution in [2.75, 3.05) is 13.2 Å². The van der Waals surface area contributed by atoms with Gasteiger partial charge in [-0.15, -0.1) is 0 Å². The fourth-order valence-corrected chi connectivity index (χ4v) is 4.19. The first kappa shape index (κ1) is 14.6. The van der Waals surface area contributed by atoms with Crippen molar-refractivity contribution in [3.05, 3.63) is 35.9 Å². The van der Waals surface area contributed by atoms with Crippen molar-refractivity contribution < 1.29 is 9.90 Å². The summed E-state index contributed by atoms with van der Waals surface area (Å²) in [4.78, 5) is 12.4. The standard InChI is InChI=1S/C18H25NO2/c20-9-8-16(14-4-2-1-3-5-14)12-19-18(21)17-11-13-6-7-15(17)10-13/h1-5,13,15-17,20H,6-12H2,(H,19,21). The quantitative estimate of drug-likeness (QED) is 0.845. The number of hydrogen-bond acceptors (Lipinski definition) is 2. The molecule has 0 saturated heterocycles. The number of nitrogens with one attached hydrogen (secondary N) is 1. The van der Waals surface area contributed by atoms with Crippen LogP contribution in [0.4, 0.5) is 0 Å². The monoisotopic (exact) mass is 287 g/mol. The van der Waals surface area contributed by atoms with Crippen LogP contribution in [0.25, 0.3) is 0 Å². The largest absolute Gasteiger partial charge is 0.396 e. The molecule has 4 atom stereocenters. The average molecular weight is 287 g/mol. The van der Waals surface area contributed by atoms with E-state index in [4.69, 9.17) is 0 Å². The van der Waals surface area contributed by atoms with Gasteiger partial charge in [-0.3, -0.25) is 4.79 Å². The molecule has 114 valence electrons. The predicted octanol–water partition coefficient (Wildman–Crippen LogP) is 2.71. The van der Waals surface area contributed by atoms with E-state index in [0.29, 0.717) is 18.9 Å². The maximum absolute atomic E-state index is 12.4. The van der Waals surface area contributed by atoms with Crippen LogP contribution in [0.1, 0.15) is 43.6 Å². The Kier molecular flexibility index (Phi) is 4.59. The molecule has 3 rings (SSSR count). The van der Waals surface area contributed by atoms with E-state index in [-0.39, 0.29) is 24.3 Å². The maximum Gasteiger partial charge on any atom is 0.223 e. The van der Waals surface area contributed by atoms with Gasteiger partial charge in [-0.1, -0.05) is 36.8 Å². The third-order valence-electron chi connectivity index (χ3n) is 5.35. The molecular weight excluding hydrogens is 262 g/mol. The summed E-state index contributed by atoms with van der Waals surface area (Å²) in [5, 5.41) is 12.4. The van der Waals surface area contributed by atoms with Gasteiger partial charge in [-0.25, -0.2) is 0 Å². The first-order chi connectivity index (χ1) is 10.3. The van der Waals surface area contributed by atoms with Gasteiger partial charge in [0.05, 0.1) is 0 Å². The molecule has 2 saturated carbocycles. The topological polar surface area (TPSA) is 49.3 Å². The van der Waals surface area contributed by atoms with Gasteiger partial charge in [0.2, 0.25) is 5.91 Å². The van der Waals surface area contributed by atoms with Crippen molar-refractivity contribution in [1.29, 1.82) is 0 Å². The van der Waals surface area contributed by atoms with Crippen LogP contribution in [0.2, 0.25) is 0 Å². The fourth-order valence-electron chi connectivity index (χ4n) is 4.19. The van der Waals surface area contributed by atoms with Gasteiger partial charge in [-0.2, -0.15) is 0 Å². The van der Waals surface area contributed by atoms with Crippen LogP contribution in [0, 0.1) is 17.8 Å². The van der Waals surface area contributed by atoms with Gasteiger partial charge >= 0.3 is 0 Å². The SMILES string of the molecule is O=C(NCC(CCO)c1ccccc1)C1CC2CCC1C2. The van der Waals surface area contributed by atoms with Crippen molar-refractivity contribution >= 4 is 5.91 Å². The number of aliphatic hydroxyl groups excluding tert-OH is 1. The van der Waals surface area contributed by atoms with E-state index in [1.165, 1.54) is 24.8 Å². The molecule has 2 N–H and O–H groups in total. The van der Waals surface area contributed by atoms with E-state index < -0.39 is 0 Å². The Balaban J connectivity index is 1.56. The van der Waals surface area contributed by atoms with Crippen LogP contribution in [0.15, 0.2) is 30.3 Å². The molecule has 2 aliphatic rings. The second-order valence-corrected chi connectivity index (χ2v) is 6.65. The lowest BCUT2D eigenvalue weighted by molar-refractivity contribution is -0.126. The molecule has 2 bridgehead atoms. The number of rotatable bonds is 6. The van der Waals surface area contributed by atoms with E-state index in [0.717, 1.165) is 12.3 Å². The normalized spacial score (nSPS) is 28.5. The Bertz CT molecular complexity index is 473. The number of aliphatic hydroxyl groups is 1. The second kappa shape index (κ2) is 6.61. The molecule has 1 aromatic carbocycles. The van der Waals surface area contributed by atoms with Gasteiger partial charge < -0.3 is 10.4 Å². The second-order valence-electron chi connectivity index (χ2n) is 6.65. The average Bonchev–Trinajstić information content (AvgIpc) is 3.15. The maximum atomic E-state index is 12.4. The summed E-state index contributed by atoms with van der Waals surface area (Å²) in [6, 6.07) is 10.2. The fraction of sp³-hybridized carbons (Fsp3) is 0.611. The molecule has 0 aromatic heterocycles. The Hall–Kier alpha value is -1.35. The van der Waals surface area contributed by atoms with Crippen molar-refractivity contribution in [3.8, 4) is 0 Å². The number of carbonyl (C=O) groups is 1. The lowest BCUT2D eigenvalue weighted by atomic mass is 9.88. The number of amides is 1. The van der Waals surface area contributed by atoms with E-state index in [2.05, 4.69) is 17.4 Å². The van der Waals surface area contributed by atoms with Crippen LogP contribution >= 0.6 is 0 Å². The molecular formula is C18H25NO2. The molecule has 0 heterocycles. The minimum atomic E-state index is 0.156. The lowest BCUT2D eigenvalue weighted by Gasteiger charge is -2.23. The third-order valence-corrected chi connectivity index (χ3v) is 5.35. The highest BCUT2D eigenvalue weighted by molar-refractivity contribution is 5.79. The zero-order chi connectivity index (χ0) is 14.7. The summed E-state index contributed by atoms with van der Waals surface area (Å²) >= 11 is 0. The molecule has 0 aliphatic heterocycles. The summed E-state index contributed by atoms with van der Waals surface area (Å²) in [7, 11) is 0. The summed E-state index contributed by atoms with van der Waals surface area (Å²) in [5.41, 5.74) is 1.19. The highest BCUT2D eigenvalue weighted by Crippen LogP contribution is 2.48. The van der Waals surface area contributed by atoms with E-state index in [1.807, 2.05) is 18.2 Å². The number of fused-ring (bicyclic) bond motifs is 2. The molecule has 0 spiro atoms. The van der Waals surface area contributed by atoms with Gasteiger partial charge in [0.25, 0.3) is 0 Å². The van der Waals surface area contributed by atoms with Crippen LogP contribution in [-0.2, 0) is 4.79 Å². The molecule has 2 aliphatic carbocycles. The van der Waals surface area contributed by atoms with Crippen molar-refractivity contribution in [3.63, 3.8) is 0 Å². The van der Waals surface area contributed by atoms with Gasteiger partial charge in [0.1, 0.15) is 0 Å². The predicted molar refractivity (Wildman–Crippen MR) is 82.8 cm³/mol. The molecule has 3 nitrogen and oxygen atoms in total. The summed E-state index contributed by atoms with van der Waals surface area (Å²) in [6.45, 7) is 0.793. The van der Waals surface area contributed by atoms with E-state index in [9.17, 15) is 9.90 Å². The van der Waals surface area contributed by atoms with Crippen molar-refractivity contribution in [2.24, 2.45) is 17.8 Å². The third kappa shape index (κ3) is 3.29. The van der Waals surface area contributed by atoms with Crippen LogP contribution in [0.5, 0.6) is 0 Å². The van der Waals surface area contributed by atoms with Crippen LogP contribution < -0.4 is 5.32 Å². The molecule has 3 heteroatoms.